The van der Waals surface area contributed by atoms with Crippen LogP contribution in [0.5, 0.6) is 0 Å². The fraction of sp³-hybridized carbons (Fsp3) is 0.379. The van der Waals surface area contributed by atoms with Gasteiger partial charge in [0.05, 0.1) is 12.6 Å². The smallest absolute Gasteiger partial charge is 0.322 e. The zero-order valence-electron chi connectivity index (χ0n) is 21.2. The maximum Gasteiger partial charge on any atom is 0.322 e. The summed E-state index contributed by atoms with van der Waals surface area (Å²) in [6.45, 7) is 9.02. The Morgan fingerprint density at radius 3 is 2.33 bits per heavy atom. The lowest BCUT2D eigenvalue weighted by atomic mass is 9.92. The van der Waals surface area contributed by atoms with E-state index in [0.717, 1.165) is 24.2 Å². The number of carbonyl (C=O) groups excluding carboxylic acids is 2. The molecule has 3 heterocycles. The molecular formula is C29H34N4O2S. The van der Waals surface area contributed by atoms with Crippen LogP contribution in [0.15, 0.2) is 60.0 Å². The molecule has 6 nitrogen and oxygen atoms in total. The lowest BCUT2D eigenvalue weighted by molar-refractivity contribution is -0.135. The van der Waals surface area contributed by atoms with Crippen LogP contribution in [0.1, 0.15) is 40.1 Å². The summed E-state index contributed by atoms with van der Waals surface area (Å²) in [4.78, 5) is 33.8. The number of urea groups is 1. The number of aryl methyl sites for hydroxylation is 2. The predicted molar refractivity (Wildman–Crippen MR) is 146 cm³/mol. The van der Waals surface area contributed by atoms with Crippen LogP contribution in [-0.2, 0) is 11.2 Å². The normalized spacial score (nSPS) is 20.2. The summed E-state index contributed by atoms with van der Waals surface area (Å²) in [6, 6.07) is 18.6. The van der Waals surface area contributed by atoms with Crippen LogP contribution >= 0.6 is 11.3 Å². The van der Waals surface area contributed by atoms with Gasteiger partial charge in [-0.2, -0.15) is 0 Å². The van der Waals surface area contributed by atoms with Crippen LogP contribution in [0.25, 0.3) is 0 Å². The number of piperazine rings is 1. The van der Waals surface area contributed by atoms with E-state index in [1.54, 1.807) is 0 Å². The van der Waals surface area contributed by atoms with Crippen molar-refractivity contribution in [3.63, 3.8) is 0 Å². The topological polar surface area (TPSA) is 55.9 Å². The quantitative estimate of drug-likeness (QED) is 0.542. The molecule has 0 aliphatic carbocycles. The predicted octanol–water partition coefficient (Wildman–Crippen LogP) is 5.08. The second kappa shape index (κ2) is 10.4. The summed E-state index contributed by atoms with van der Waals surface area (Å²) >= 11 is 1.81. The first-order chi connectivity index (χ1) is 17.4. The minimum absolute atomic E-state index is 0.0501. The van der Waals surface area contributed by atoms with Gasteiger partial charge in [-0.3, -0.25) is 9.69 Å². The van der Waals surface area contributed by atoms with Gasteiger partial charge in [0, 0.05) is 42.8 Å². The van der Waals surface area contributed by atoms with Crippen molar-refractivity contribution in [2.24, 2.45) is 0 Å². The summed E-state index contributed by atoms with van der Waals surface area (Å²) in [7, 11) is 0. The molecule has 188 valence electrons. The molecule has 0 spiro atoms. The summed E-state index contributed by atoms with van der Waals surface area (Å²) in [5.41, 5.74) is 5.74. The highest BCUT2D eigenvalue weighted by Crippen LogP contribution is 2.37. The molecule has 2 aromatic carbocycles. The molecule has 5 rings (SSSR count). The van der Waals surface area contributed by atoms with Crippen LogP contribution in [0.2, 0.25) is 0 Å². The van der Waals surface area contributed by atoms with Crippen molar-refractivity contribution in [3.05, 3.63) is 87.1 Å². The lowest BCUT2D eigenvalue weighted by Crippen LogP contribution is -2.58. The number of nitrogens with zero attached hydrogens (tertiary/aromatic N) is 3. The molecular weight excluding hydrogens is 468 g/mol. The Morgan fingerprint density at radius 2 is 1.64 bits per heavy atom. The SMILES string of the molecule is Cc1ccc(NC(=O)N2CCN(C(=O)CN3CCc4sccc4C3c3ccc(C)cc3)CC2C)cc1. The van der Waals surface area contributed by atoms with Crippen molar-refractivity contribution in [2.45, 2.75) is 39.3 Å². The van der Waals surface area contributed by atoms with Crippen molar-refractivity contribution in [1.29, 1.82) is 0 Å². The van der Waals surface area contributed by atoms with Crippen LogP contribution in [0, 0.1) is 13.8 Å². The van der Waals surface area contributed by atoms with E-state index in [4.69, 9.17) is 0 Å². The van der Waals surface area contributed by atoms with E-state index in [1.807, 2.05) is 59.2 Å². The molecule has 0 radical (unpaired) electrons. The summed E-state index contributed by atoms with van der Waals surface area (Å²) < 4.78 is 0. The largest absolute Gasteiger partial charge is 0.338 e. The van der Waals surface area contributed by atoms with Gasteiger partial charge in [-0.05, 0) is 61.9 Å². The van der Waals surface area contributed by atoms with Crippen molar-refractivity contribution >= 4 is 29.0 Å². The molecule has 2 aliphatic rings. The van der Waals surface area contributed by atoms with E-state index in [9.17, 15) is 9.59 Å². The van der Waals surface area contributed by atoms with Gasteiger partial charge in [-0.25, -0.2) is 4.79 Å². The minimum Gasteiger partial charge on any atom is -0.338 e. The van der Waals surface area contributed by atoms with Crippen LogP contribution in [0.4, 0.5) is 10.5 Å². The molecule has 0 bridgehead atoms. The number of thiophene rings is 1. The fourth-order valence-electron chi connectivity index (χ4n) is 5.27. The van der Waals surface area contributed by atoms with Gasteiger partial charge in [0.15, 0.2) is 0 Å². The average Bonchev–Trinajstić information content (AvgIpc) is 3.35. The highest BCUT2D eigenvalue weighted by molar-refractivity contribution is 7.10. The Kier molecular flexibility index (Phi) is 7.12. The number of nitrogens with one attached hydrogen (secondary N) is 1. The Hall–Kier alpha value is -3.16. The van der Waals surface area contributed by atoms with Gasteiger partial charge in [0.2, 0.25) is 5.91 Å². The fourth-order valence-corrected chi connectivity index (χ4v) is 6.17. The zero-order valence-corrected chi connectivity index (χ0v) is 22.1. The van der Waals surface area contributed by atoms with Crippen molar-refractivity contribution < 1.29 is 9.59 Å². The standard InChI is InChI=1S/C29H34N4O2S/c1-20-4-8-23(9-5-20)28-25-13-17-36-26(25)12-14-32(28)19-27(34)31-15-16-33(22(3)18-31)29(35)30-24-10-6-21(2)7-11-24/h4-11,13,17,22,28H,12,14-16,18-19H2,1-3H3,(H,30,35). The van der Waals surface area contributed by atoms with Crippen molar-refractivity contribution in [1.82, 2.24) is 14.7 Å². The highest BCUT2D eigenvalue weighted by atomic mass is 32.1. The third-order valence-electron chi connectivity index (χ3n) is 7.34. The van der Waals surface area contributed by atoms with E-state index < -0.39 is 0 Å². The number of carbonyl (C=O) groups is 2. The number of rotatable bonds is 4. The molecule has 7 heteroatoms. The molecule has 0 saturated carbocycles. The second-order valence-electron chi connectivity index (χ2n) is 10.0. The van der Waals surface area contributed by atoms with Gasteiger partial charge in [-0.1, -0.05) is 47.5 Å². The third kappa shape index (κ3) is 5.18. The highest BCUT2D eigenvalue weighted by Gasteiger charge is 2.34. The van der Waals surface area contributed by atoms with E-state index in [2.05, 4.69) is 52.9 Å². The minimum atomic E-state index is -0.112. The number of hydrogen-bond donors (Lipinski definition) is 1. The van der Waals surface area contributed by atoms with Crippen molar-refractivity contribution in [2.75, 3.05) is 38.0 Å². The first-order valence-electron chi connectivity index (χ1n) is 12.7. The van der Waals surface area contributed by atoms with Crippen molar-refractivity contribution in [3.8, 4) is 0 Å². The monoisotopic (exact) mass is 502 g/mol. The van der Waals surface area contributed by atoms with Gasteiger partial charge >= 0.3 is 6.03 Å². The molecule has 1 aromatic heterocycles. The van der Waals surface area contributed by atoms with E-state index in [-0.39, 0.29) is 24.0 Å². The van der Waals surface area contributed by atoms with E-state index >= 15 is 0 Å². The zero-order chi connectivity index (χ0) is 25.2. The Bertz CT molecular complexity index is 1220. The Morgan fingerprint density at radius 1 is 0.944 bits per heavy atom. The van der Waals surface area contributed by atoms with Crippen LogP contribution in [-0.4, -0.2) is 65.4 Å². The molecule has 2 atom stereocenters. The van der Waals surface area contributed by atoms with Gasteiger partial charge in [-0.15, -0.1) is 11.3 Å². The van der Waals surface area contributed by atoms with Crippen LogP contribution < -0.4 is 5.32 Å². The Balaban J connectivity index is 1.23. The number of hydrogen-bond acceptors (Lipinski definition) is 4. The lowest BCUT2D eigenvalue weighted by Gasteiger charge is -2.41. The summed E-state index contributed by atoms with van der Waals surface area (Å²) in [5, 5.41) is 5.16. The third-order valence-corrected chi connectivity index (χ3v) is 8.34. The molecule has 1 fully saturated rings. The summed E-state index contributed by atoms with van der Waals surface area (Å²) in [6.07, 6.45) is 0.978. The maximum atomic E-state index is 13.5. The number of benzene rings is 2. The van der Waals surface area contributed by atoms with Gasteiger partial charge in [0.25, 0.3) is 0 Å². The summed E-state index contributed by atoms with van der Waals surface area (Å²) in [5.74, 6) is 0.135. The first kappa shape index (κ1) is 24.5. The number of fused-ring (bicyclic) bond motifs is 1. The van der Waals surface area contributed by atoms with E-state index in [0.29, 0.717) is 26.2 Å². The molecule has 3 amide bonds. The maximum absolute atomic E-state index is 13.5. The number of amides is 3. The Labute approximate surface area is 217 Å². The molecule has 2 unspecified atom stereocenters. The molecule has 1 N–H and O–H groups in total. The molecule has 2 aliphatic heterocycles. The second-order valence-corrected chi connectivity index (χ2v) is 11.0. The van der Waals surface area contributed by atoms with Gasteiger partial charge < -0.3 is 15.1 Å². The molecule has 1 saturated heterocycles. The molecule has 36 heavy (non-hydrogen) atoms. The van der Waals surface area contributed by atoms with E-state index in [1.165, 1.54) is 21.6 Å². The van der Waals surface area contributed by atoms with Crippen LogP contribution in [0.3, 0.4) is 0 Å². The average molecular weight is 503 g/mol. The number of anilines is 1. The first-order valence-corrected chi connectivity index (χ1v) is 13.6. The van der Waals surface area contributed by atoms with Gasteiger partial charge in [0.1, 0.15) is 0 Å². The molecule has 3 aromatic rings.